The molecule has 5 nitrogen and oxygen atoms in total. The number of carboxylic acid groups (broad SMARTS) is 1. The van der Waals surface area contributed by atoms with Crippen LogP contribution in [0, 0.1) is 0 Å². The van der Waals surface area contributed by atoms with Crippen molar-refractivity contribution in [2.24, 2.45) is 0 Å². The van der Waals surface area contributed by atoms with E-state index in [0.29, 0.717) is 12.2 Å². The highest BCUT2D eigenvalue weighted by Crippen LogP contribution is 2.44. The molecule has 2 heterocycles. The van der Waals surface area contributed by atoms with Crippen molar-refractivity contribution in [1.29, 1.82) is 0 Å². The first-order valence-corrected chi connectivity index (χ1v) is 10.1. The number of nitrogens with zero attached hydrogens (tertiary/aromatic N) is 1. The molecule has 0 radical (unpaired) electrons. The predicted molar refractivity (Wildman–Crippen MR) is 113 cm³/mol. The smallest absolute Gasteiger partial charge is 0.337 e. The number of carbonyl (C=O) groups is 1. The van der Waals surface area contributed by atoms with Gasteiger partial charge in [0.05, 0.1) is 23.5 Å². The highest BCUT2D eigenvalue weighted by Gasteiger charge is 2.27. The van der Waals surface area contributed by atoms with Gasteiger partial charge >= 0.3 is 5.97 Å². The fourth-order valence-electron chi connectivity index (χ4n) is 4.24. The molecule has 1 fully saturated rings. The van der Waals surface area contributed by atoms with Crippen LogP contribution in [0.5, 0.6) is 0 Å². The lowest BCUT2D eigenvalue weighted by atomic mass is 9.93. The van der Waals surface area contributed by atoms with E-state index in [9.17, 15) is 9.90 Å². The summed E-state index contributed by atoms with van der Waals surface area (Å²) in [5.74, 6) is -0.230. The van der Waals surface area contributed by atoms with Crippen molar-refractivity contribution in [3.8, 4) is 11.1 Å². The largest absolute Gasteiger partial charge is 0.478 e. The normalized spacial score (nSPS) is 17.7. The minimum absolute atomic E-state index is 0.138. The zero-order valence-electron chi connectivity index (χ0n) is 16.1. The summed E-state index contributed by atoms with van der Waals surface area (Å²) in [6.45, 7) is 1.43. The lowest BCUT2D eigenvalue weighted by Crippen LogP contribution is -2.22. The van der Waals surface area contributed by atoms with Crippen molar-refractivity contribution in [2.45, 2.75) is 31.3 Å². The first kappa shape index (κ1) is 17.9. The zero-order chi connectivity index (χ0) is 19.8. The molecule has 1 atom stereocenters. The minimum Gasteiger partial charge on any atom is -0.478 e. The Balaban J connectivity index is 1.36. The van der Waals surface area contributed by atoms with Crippen molar-refractivity contribution >= 4 is 11.7 Å². The first-order valence-electron chi connectivity index (χ1n) is 10.1. The summed E-state index contributed by atoms with van der Waals surface area (Å²) in [6, 6.07) is 17.1. The average Bonchev–Trinajstić information content (AvgIpc) is 3.52. The Kier molecular flexibility index (Phi) is 4.52. The van der Waals surface area contributed by atoms with Crippen LogP contribution in [0.25, 0.3) is 11.1 Å². The molecule has 0 saturated heterocycles. The lowest BCUT2D eigenvalue weighted by molar-refractivity contribution is 0.0698. The van der Waals surface area contributed by atoms with Crippen LogP contribution in [0.1, 0.15) is 51.8 Å². The fourth-order valence-corrected chi connectivity index (χ4v) is 4.24. The molecule has 29 heavy (non-hydrogen) atoms. The van der Waals surface area contributed by atoms with Gasteiger partial charge in [-0.25, -0.2) is 4.79 Å². The molecular weight excluding hydrogens is 362 g/mol. The number of benzene rings is 2. The first-order chi connectivity index (χ1) is 14.2. The van der Waals surface area contributed by atoms with Gasteiger partial charge in [-0.2, -0.15) is 0 Å². The van der Waals surface area contributed by atoms with Gasteiger partial charge in [0.25, 0.3) is 0 Å². The second-order valence-corrected chi connectivity index (χ2v) is 7.82. The van der Waals surface area contributed by atoms with E-state index in [2.05, 4.69) is 58.1 Å². The third-order valence-corrected chi connectivity index (χ3v) is 5.89. The zero-order valence-corrected chi connectivity index (χ0v) is 16.1. The van der Waals surface area contributed by atoms with E-state index in [1.807, 2.05) is 0 Å². The molecule has 3 N–H and O–H groups in total. The number of fused-ring (bicyclic) bond motifs is 1. The Morgan fingerprint density at radius 1 is 1.14 bits per heavy atom. The van der Waals surface area contributed by atoms with Crippen LogP contribution in [0.3, 0.4) is 0 Å². The number of hydrogen-bond acceptors (Lipinski definition) is 4. The van der Waals surface area contributed by atoms with Crippen LogP contribution in [0.15, 0.2) is 60.9 Å². The monoisotopic (exact) mass is 385 g/mol. The molecule has 1 saturated carbocycles. The number of nitrogens with one attached hydrogen (secondary N) is 2. The number of aromatic carboxylic acids is 1. The lowest BCUT2D eigenvalue weighted by Gasteiger charge is -2.16. The van der Waals surface area contributed by atoms with E-state index < -0.39 is 5.97 Å². The summed E-state index contributed by atoms with van der Waals surface area (Å²) in [4.78, 5) is 15.4. The number of aromatic nitrogens is 1. The molecule has 1 aliphatic heterocycles. The van der Waals surface area contributed by atoms with Crippen molar-refractivity contribution in [2.75, 3.05) is 11.9 Å². The third-order valence-electron chi connectivity index (χ3n) is 5.89. The molecule has 1 unspecified atom stereocenters. The molecule has 2 aromatic carbocycles. The van der Waals surface area contributed by atoms with E-state index in [0.717, 1.165) is 12.5 Å². The predicted octanol–water partition coefficient (Wildman–Crippen LogP) is 4.58. The van der Waals surface area contributed by atoms with Crippen LogP contribution in [-0.2, 0) is 6.54 Å². The topological polar surface area (TPSA) is 74.2 Å². The maximum atomic E-state index is 11.4. The summed E-state index contributed by atoms with van der Waals surface area (Å²) in [6.07, 6.45) is 5.66. The molecule has 5 heteroatoms. The number of rotatable bonds is 6. The van der Waals surface area contributed by atoms with Gasteiger partial charge in [-0.3, -0.25) is 4.98 Å². The van der Waals surface area contributed by atoms with Gasteiger partial charge in [-0.1, -0.05) is 36.4 Å². The Labute approximate surface area is 169 Å². The van der Waals surface area contributed by atoms with E-state index in [-0.39, 0.29) is 11.6 Å². The standard InChI is InChI=1S/C24H23N3O2/c28-24(29)21-9-10-25-13-22(21)27-14-23-20-8-7-16(11-17(20)12-26-23)19-4-2-1-3-18(19)15-5-6-15/h1-4,7-11,13,15,23,26-27H,5-6,12,14H2,(H,28,29). The summed E-state index contributed by atoms with van der Waals surface area (Å²) in [7, 11) is 0. The van der Waals surface area contributed by atoms with E-state index in [1.54, 1.807) is 6.20 Å². The van der Waals surface area contributed by atoms with Gasteiger partial charge in [0, 0.05) is 19.3 Å². The highest BCUT2D eigenvalue weighted by atomic mass is 16.4. The van der Waals surface area contributed by atoms with Crippen LogP contribution in [0.2, 0.25) is 0 Å². The second-order valence-electron chi connectivity index (χ2n) is 7.82. The molecular formula is C24H23N3O2. The molecule has 0 amide bonds. The van der Waals surface area contributed by atoms with Gasteiger partial charge in [0.2, 0.25) is 0 Å². The van der Waals surface area contributed by atoms with Gasteiger partial charge in [0.1, 0.15) is 0 Å². The molecule has 3 aromatic rings. The summed E-state index contributed by atoms with van der Waals surface area (Å²) in [5, 5.41) is 16.1. The second kappa shape index (κ2) is 7.33. The Morgan fingerprint density at radius 3 is 2.83 bits per heavy atom. The minimum atomic E-state index is -0.950. The maximum Gasteiger partial charge on any atom is 0.337 e. The quantitative estimate of drug-likeness (QED) is 0.579. The summed E-state index contributed by atoms with van der Waals surface area (Å²) in [5.41, 5.74) is 7.46. The van der Waals surface area contributed by atoms with Crippen LogP contribution >= 0.6 is 0 Å². The fraction of sp³-hybridized carbons (Fsp3) is 0.250. The van der Waals surface area contributed by atoms with E-state index in [1.165, 1.54) is 52.9 Å². The van der Waals surface area contributed by atoms with Crippen LogP contribution < -0.4 is 10.6 Å². The highest BCUT2D eigenvalue weighted by molar-refractivity contribution is 5.93. The van der Waals surface area contributed by atoms with Crippen LogP contribution in [0.4, 0.5) is 5.69 Å². The molecule has 1 aromatic heterocycles. The molecule has 146 valence electrons. The number of anilines is 1. The van der Waals surface area contributed by atoms with E-state index in [4.69, 9.17) is 0 Å². The summed E-state index contributed by atoms with van der Waals surface area (Å²) < 4.78 is 0. The van der Waals surface area contributed by atoms with E-state index >= 15 is 0 Å². The van der Waals surface area contributed by atoms with Crippen molar-refractivity contribution in [3.05, 3.63) is 83.2 Å². The van der Waals surface area contributed by atoms with Crippen LogP contribution in [-0.4, -0.2) is 22.6 Å². The molecule has 2 aliphatic rings. The van der Waals surface area contributed by atoms with Crippen molar-refractivity contribution in [3.63, 3.8) is 0 Å². The molecule has 5 rings (SSSR count). The van der Waals surface area contributed by atoms with Gasteiger partial charge in [0.15, 0.2) is 0 Å². The van der Waals surface area contributed by atoms with Crippen molar-refractivity contribution in [1.82, 2.24) is 10.3 Å². The average molecular weight is 385 g/mol. The van der Waals surface area contributed by atoms with Crippen molar-refractivity contribution < 1.29 is 9.90 Å². The number of hydrogen-bond donors (Lipinski definition) is 3. The third kappa shape index (κ3) is 3.49. The number of carboxylic acids is 1. The SMILES string of the molecule is O=C(O)c1ccncc1NCC1NCc2cc(-c3ccccc3C3CC3)ccc21. The number of pyridine rings is 1. The Bertz CT molecular complexity index is 1080. The molecule has 1 aliphatic carbocycles. The molecule has 0 spiro atoms. The van der Waals surface area contributed by atoms with Gasteiger partial charge < -0.3 is 15.7 Å². The Morgan fingerprint density at radius 2 is 2.00 bits per heavy atom. The maximum absolute atomic E-state index is 11.4. The summed E-state index contributed by atoms with van der Waals surface area (Å²) >= 11 is 0. The molecule has 0 bridgehead atoms. The van der Waals surface area contributed by atoms with Gasteiger partial charge in [-0.05, 0) is 58.7 Å². The van der Waals surface area contributed by atoms with Gasteiger partial charge in [-0.15, -0.1) is 0 Å². The Hall–Kier alpha value is -3.18.